The summed E-state index contributed by atoms with van der Waals surface area (Å²) in [5, 5.41) is 0. The van der Waals surface area contributed by atoms with Gasteiger partial charge in [-0.15, -0.1) is 0 Å². The average molecular weight is 224 g/mol. The molecule has 1 saturated carbocycles. The molecule has 16 heavy (non-hydrogen) atoms. The van der Waals surface area contributed by atoms with Crippen molar-refractivity contribution in [1.29, 1.82) is 0 Å². The molecule has 0 bridgehead atoms. The standard InChI is InChI=1S/C14H28N2/c1-12-6-9-16(13(2)10-12)11-14(15)7-4-3-5-8-14/h12-13H,3-11,15H2,1-2H3. The maximum absolute atomic E-state index is 6.55. The molecular formula is C14H28N2. The molecule has 2 fully saturated rings. The van der Waals surface area contributed by atoms with Crippen LogP contribution in [-0.2, 0) is 0 Å². The Hall–Kier alpha value is -0.0800. The van der Waals surface area contributed by atoms with E-state index in [0.717, 1.165) is 18.5 Å². The maximum atomic E-state index is 6.55. The molecule has 1 aliphatic carbocycles. The highest BCUT2D eigenvalue weighted by molar-refractivity contribution is 4.92. The highest BCUT2D eigenvalue weighted by Gasteiger charge is 2.32. The number of nitrogens with two attached hydrogens (primary N) is 1. The summed E-state index contributed by atoms with van der Waals surface area (Å²) in [7, 11) is 0. The minimum atomic E-state index is 0.132. The molecule has 2 aliphatic rings. The van der Waals surface area contributed by atoms with Crippen LogP contribution in [0.5, 0.6) is 0 Å². The van der Waals surface area contributed by atoms with E-state index in [1.165, 1.54) is 51.5 Å². The lowest BCUT2D eigenvalue weighted by molar-refractivity contribution is 0.0873. The Balaban J connectivity index is 1.88. The van der Waals surface area contributed by atoms with Crippen LogP contribution in [0, 0.1) is 5.92 Å². The Labute approximate surface area is 101 Å². The summed E-state index contributed by atoms with van der Waals surface area (Å²) in [5.41, 5.74) is 6.68. The van der Waals surface area contributed by atoms with Crippen molar-refractivity contribution in [2.75, 3.05) is 13.1 Å². The van der Waals surface area contributed by atoms with Gasteiger partial charge in [-0.2, -0.15) is 0 Å². The van der Waals surface area contributed by atoms with Crippen molar-refractivity contribution in [3.63, 3.8) is 0 Å². The molecule has 2 unspecified atom stereocenters. The number of hydrogen-bond acceptors (Lipinski definition) is 2. The van der Waals surface area contributed by atoms with Crippen LogP contribution >= 0.6 is 0 Å². The smallest absolute Gasteiger partial charge is 0.0283 e. The summed E-state index contributed by atoms with van der Waals surface area (Å²) < 4.78 is 0. The fraction of sp³-hybridized carbons (Fsp3) is 1.00. The van der Waals surface area contributed by atoms with Crippen LogP contribution in [0.15, 0.2) is 0 Å². The van der Waals surface area contributed by atoms with Gasteiger partial charge in [-0.1, -0.05) is 26.2 Å². The molecule has 1 heterocycles. The second-order valence-electron chi connectivity index (χ2n) is 6.37. The molecule has 0 aromatic carbocycles. The molecule has 1 aliphatic heterocycles. The summed E-state index contributed by atoms with van der Waals surface area (Å²) in [6.07, 6.45) is 9.28. The molecule has 2 N–H and O–H groups in total. The van der Waals surface area contributed by atoms with E-state index in [4.69, 9.17) is 5.73 Å². The highest BCUT2D eigenvalue weighted by Crippen LogP contribution is 2.30. The molecule has 2 nitrogen and oxygen atoms in total. The van der Waals surface area contributed by atoms with E-state index in [0.29, 0.717) is 0 Å². The van der Waals surface area contributed by atoms with Crippen molar-refractivity contribution in [1.82, 2.24) is 4.90 Å². The summed E-state index contributed by atoms with van der Waals surface area (Å²) in [5.74, 6) is 0.909. The van der Waals surface area contributed by atoms with Gasteiger partial charge in [0.2, 0.25) is 0 Å². The SMILES string of the molecule is CC1CCN(CC2(N)CCCCC2)C(C)C1. The summed E-state index contributed by atoms with van der Waals surface area (Å²) in [4.78, 5) is 2.64. The van der Waals surface area contributed by atoms with Gasteiger partial charge in [0.25, 0.3) is 0 Å². The van der Waals surface area contributed by atoms with E-state index in [9.17, 15) is 0 Å². The number of likely N-dealkylation sites (tertiary alicyclic amines) is 1. The molecule has 0 spiro atoms. The van der Waals surface area contributed by atoms with Gasteiger partial charge in [-0.05, 0) is 45.1 Å². The van der Waals surface area contributed by atoms with Gasteiger partial charge in [-0.3, -0.25) is 4.90 Å². The molecule has 1 saturated heterocycles. The Morgan fingerprint density at radius 2 is 1.88 bits per heavy atom. The topological polar surface area (TPSA) is 29.3 Å². The van der Waals surface area contributed by atoms with Crippen LogP contribution in [0.4, 0.5) is 0 Å². The third kappa shape index (κ3) is 2.98. The molecule has 0 aromatic rings. The summed E-state index contributed by atoms with van der Waals surface area (Å²) in [6, 6.07) is 0.742. The molecule has 0 aromatic heterocycles. The van der Waals surface area contributed by atoms with Crippen LogP contribution < -0.4 is 5.73 Å². The van der Waals surface area contributed by atoms with Crippen molar-refractivity contribution < 1.29 is 0 Å². The lowest BCUT2D eigenvalue weighted by Gasteiger charge is -2.43. The van der Waals surface area contributed by atoms with Crippen molar-refractivity contribution in [2.45, 2.75) is 70.4 Å². The Bertz CT molecular complexity index is 221. The fourth-order valence-electron chi connectivity index (χ4n) is 3.51. The quantitative estimate of drug-likeness (QED) is 0.781. The van der Waals surface area contributed by atoms with Gasteiger partial charge in [0, 0.05) is 18.1 Å². The molecule has 0 radical (unpaired) electrons. The lowest BCUT2D eigenvalue weighted by atomic mass is 9.81. The maximum Gasteiger partial charge on any atom is 0.0283 e. The van der Waals surface area contributed by atoms with E-state index in [1.807, 2.05) is 0 Å². The second-order valence-corrected chi connectivity index (χ2v) is 6.37. The summed E-state index contributed by atoms with van der Waals surface area (Å²) in [6.45, 7) is 7.16. The first-order valence-electron chi connectivity index (χ1n) is 7.12. The van der Waals surface area contributed by atoms with Crippen LogP contribution in [0.25, 0.3) is 0 Å². The number of piperidine rings is 1. The van der Waals surface area contributed by atoms with Gasteiger partial charge in [0.05, 0.1) is 0 Å². The van der Waals surface area contributed by atoms with Crippen LogP contribution in [0.2, 0.25) is 0 Å². The zero-order valence-corrected chi connectivity index (χ0v) is 11.0. The number of hydrogen-bond donors (Lipinski definition) is 1. The molecule has 0 amide bonds. The normalized spacial score (nSPS) is 36.2. The van der Waals surface area contributed by atoms with Crippen molar-refractivity contribution >= 4 is 0 Å². The van der Waals surface area contributed by atoms with Crippen LogP contribution in [-0.4, -0.2) is 29.6 Å². The number of nitrogens with zero attached hydrogens (tertiary/aromatic N) is 1. The van der Waals surface area contributed by atoms with Crippen molar-refractivity contribution in [2.24, 2.45) is 11.7 Å². The predicted octanol–water partition coefficient (Wildman–Crippen LogP) is 2.77. The van der Waals surface area contributed by atoms with Crippen LogP contribution in [0.1, 0.15) is 58.8 Å². The molecule has 2 atom stereocenters. The lowest BCUT2D eigenvalue weighted by Crippen LogP contribution is -2.55. The van der Waals surface area contributed by atoms with E-state index in [-0.39, 0.29) is 5.54 Å². The zero-order valence-electron chi connectivity index (χ0n) is 11.0. The van der Waals surface area contributed by atoms with Crippen molar-refractivity contribution in [3.05, 3.63) is 0 Å². The predicted molar refractivity (Wildman–Crippen MR) is 69.4 cm³/mol. The van der Waals surface area contributed by atoms with E-state index in [1.54, 1.807) is 0 Å². The minimum Gasteiger partial charge on any atom is -0.324 e. The molecule has 2 heteroatoms. The number of rotatable bonds is 2. The summed E-state index contributed by atoms with van der Waals surface area (Å²) >= 11 is 0. The van der Waals surface area contributed by atoms with E-state index < -0.39 is 0 Å². The first kappa shape index (κ1) is 12.4. The monoisotopic (exact) mass is 224 g/mol. The molecule has 94 valence electrons. The minimum absolute atomic E-state index is 0.132. The van der Waals surface area contributed by atoms with Gasteiger partial charge in [0.15, 0.2) is 0 Å². The average Bonchev–Trinajstić information content (AvgIpc) is 2.23. The van der Waals surface area contributed by atoms with Gasteiger partial charge in [0.1, 0.15) is 0 Å². The Kier molecular flexibility index (Phi) is 3.91. The van der Waals surface area contributed by atoms with Gasteiger partial charge in [-0.25, -0.2) is 0 Å². The van der Waals surface area contributed by atoms with Crippen LogP contribution in [0.3, 0.4) is 0 Å². The molecule has 2 rings (SSSR count). The zero-order chi connectivity index (χ0) is 11.6. The third-order valence-electron chi connectivity index (χ3n) is 4.64. The van der Waals surface area contributed by atoms with Gasteiger partial charge < -0.3 is 5.73 Å². The third-order valence-corrected chi connectivity index (χ3v) is 4.64. The van der Waals surface area contributed by atoms with E-state index >= 15 is 0 Å². The fourth-order valence-corrected chi connectivity index (χ4v) is 3.51. The van der Waals surface area contributed by atoms with Crippen molar-refractivity contribution in [3.8, 4) is 0 Å². The van der Waals surface area contributed by atoms with E-state index in [2.05, 4.69) is 18.7 Å². The first-order chi connectivity index (χ1) is 7.59. The largest absolute Gasteiger partial charge is 0.324 e. The first-order valence-corrected chi connectivity index (χ1v) is 7.12. The highest BCUT2D eigenvalue weighted by atomic mass is 15.2. The Morgan fingerprint density at radius 3 is 2.50 bits per heavy atom. The molecular weight excluding hydrogens is 196 g/mol. The second kappa shape index (κ2) is 5.05. The Morgan fingerprint density at radius 1 is 1.19 bits per heavy atom. The van der Waals surface area contributed by atoms with Gasteiger partial charge >= 0.3 is 0 Å².